The predicted molar refractivity (Wildman–Crippen MR) is 97.9 cm³/mol. The third kappa shape index (κ3) is 3.78. The normalized spacial score (nSPS) is 17.7. The van der Waals surface area contributed by atoms with Crippen molar-refractivity contribution in [3.63, 3.8) is 0 Å². The number of hydrogen-bond donors (Lipinski definition) is 2. The summed E-state index contributed by atoms with van der Waals surface area (Å²) in [6, 6.07) is 7.11. The largest absolute Gasteiger partial charge is 0.432 e. The monoisotopic (exact) mass is 389 g/mol. The second-order valence-electron chi connectivity index (χ2n) is 6.83. The molecule has 2 amide bonds. The quantitative estimate of drug-likeness (QED) is 0.683. The van der Waals surface area contributed by atoms with Gasteiger partial charge in [-0.2, -0.15) is 13.2 Å². The maximum atomic E-state index is 12.8. The highest BCUT2D eigenvalue weighted by Gasteiger charge is 2.34. The number of nitrogens with zero attached hydrogens (tertiary/aromatic N) is 3. The number of imidazole rings is 1. The van der Waals surface area contributed by atoms with E-state index in [9.17, 15) is 18.0 Å². The Balaban J connectivity index is 1.44. The first kappa shape index (κ1) is 18.3. The van der Waals surface area contributed by atoms with E-state index in [1.807, 2.05) is 18.2 Å². The number of halogens is 3. The first-order valence-corrected chi connectivity index (χ1v) is 8.92. The molecule has 4 rings (SSSR count). The summed E-state index contributed by atoms with van der Waals surface area (Å²) in [6.45, 7) is 0.862. The van der Waals surface area contributed by atoms with E-state index in [1.54, 1.807) is 23.4 Å². The molecule has 0 saturated carbocycles. The molecular weight excluding hydrogens is 371 g/mol. The van der Waals surface area contributed by atoms with Gasteiger partial charge in [-0.25, -0.2) is 9.78 Å². The summed E-state index contributed by atoms with van der Waals surface area (Å²) in [5, 5.41) is 4.79. The van der Waals surface area contributed by atoms with Gasteiger partial charge in [-0.3, -0.25) is 4.98 Å². The smallest absolute Gasteiger partial charge is 0.338 e. The highest BCUT2D eigenvalue weighted by molar-refractivity contribution is 5.93. The van der Waals surface area contributed by atoms with Gasteiger partial charge >= 0.3 is 12.2 Å². The lowest BCUT2D eigenvalue weighted by atomic mass is 9.97. The number of urea groups is 1. The van der Waals surface area contributed by atoms with Crippen LogP contribution in [0.15, 0.2) is 42.9 Å². The predicted octanol–water partition coefficient (Wildman–Crippen LogP) is 4.39. The van der Waals surface area contributed by atoms with Crippen molar-refractivity contribution < 1.29 is 18.0 Å². The summed E-state index contributed by atoms with van der Waals surface area (Å²) >= 11 is 0. The molecule has 1 saturated heterocycles. The fourth-order valence-electron chi connectivity index (χ4n) is 3.44. The number of alkyl halides is 3. The molecule has 0 radical (unpaired) electrons. The fourth-order valence-corrected chi connectivity index (χ4v) is 3.44. The van der Waals surface area contributed by atoms with Gasteiger partial charge in [-0.15, -0.1) is 0 Å². The van der Waals surface area contributed by atoms with Crippen LogP contribution < -0.4 is 5.32 Å². The van der Waals surface area contributed by atoms with Gasteiger partial charge in [-0.1, -0.05) is 6.07 Å². The second kappa shape index (κ2) is 7.14. The summed E-state index contributed by atoms with van der Waals surface area (Å²) in [7, 11) is 0. The Morgan fingerprint density at radius 1 is 1.21 bits per heavy atom. The van der Waals surface area contributed by atoms with E-state index < -0.39 is 11.9 Å². The van der Waals surface area contributed by atoms with Crippen molar-refractivity contribution in [2.45, 2.75) is 24.9 Å². The Labute approximate surface area is 158 Å². The standard InChI is InChI=1S/C19H18F3N5O/c20-19(21,22)16-10-24-17(26-16)14-2-1-7-27(11-14)18(28)25-15-4-3-13-9-23-6-5-12(13)8-15/h3-6,8-10,14H,1-2,7,11H2,(H,24,26)(H,25,28). The maximum absolute atomic E-state index is 12.8. The van der Waals surface area contributed by atoms with E-state index in [0.717, 1.165) is 17.0 Å². The number of rotatable bonds is 2. The second-order valence-corrected chi connectivity index (χ2v) is 6.83. The molecule has 1 fully saturated rings. The lowest BCUT2D eigenvalue weighted by Gasteiger charge is -2.32. The zero-order chi connectivity index (χ0) is 19.7. The zero-order valence-electron chi connectivity index (χ0n) is 14.8. The number of piperidine rings is 1. The summed E-state index contributed by atoms with van der Waals surface area (Å²) in [4.78, 5) is 24.5. The Morgan fingerprint density at radius 2 is 2.07 bits per heavy atom. The molecule has 1 aliphatic rings. The van der Waals surface area contributed by atoms with E-state index in [4.69, 9.17) is 0 Å². The van der Waals surface area contributed by atoms with Gasteiger partial charge in [0.15, 0.2) is 0 Å². The van der Waals surface area contributed by atoms with Crippen LogP contribution in [0.5, 0.6) is 0 Å². The minimum absolute atomic E-state index is 0.252. The van der Waals surface area contributed by atoms with Crippen LogP contribution in [0.1, 0.15) is 30.3 Å². The molecule has 6 nitrogen and oxygen atoms in total. The number of aromatic amines is 1. The Bertz CT molecular complexity index is 1000. The maximum Gasteiger partial charge on any atom is 0.432 e. The van der Waals surface area contributed by atoms with Crippen LogP contribution in [0, 0.1) is 0 Å². The molecule has 0 aliphatic carbocycles. The molecule has 2 N–H and O–H groups in total. The average Bonchev–Trinajstić information content (AvgIpc) is 3.19. The lowest BCUT2D eigenvalue weighted by molar-refractivity contribution is -0.141. The van der Waals surface area contributed by atoms with E-state index >= 15 is 0 Å². The number of anilines is 1. The SMILES string of the molecule is O=C(Nc1ccc2cnccc2c1)N1CCCC(c2ncc(C(F)(F)F)[nH]2)C1. The van der Waals surface area contributed by atoms with Crippen molar-refractivity contribution >= 4 is 22.5 Å². The Hall–Kier alpha value is -3.10. The number of fused-ring (bicyclic) bond motifs is 1. The fraction of sp³-hybridized carbons (Fsp3) is 0.316. The Kier molecular flexibility index (Phi) is 4.66. The third-order valence-electron chi connectivity index (χ3n) is 4.89. The first-order valence-electron chi connectivity index (χ1n) is 8.92. The molecule has 0 spiro atoms. The van der Waals surface area contributed by atoms with E-state index in [-0.39, 0.29) is 17.8 Å². The summed E-state index contributed by atoms with van der Waals surface area (Å²) < 4.78 is 38.3. The number of aromatic nitrogens is 3. The van der Waals surface area contributed by atoms with Crippen LogP contribution in [0.3, 0.4) is 0 Å². The lowest BCUT2D eigenvalue weighted by Crippen LogP contribution is -2.41. The molecule has 1 unspecified atom stereocenters. The van der Waals surface area contributed by atoms with Crippen molar-refractivity contribution in [2.24, 2.45) is 0 Å². The van der Waals surface area contributed by atoms with Gasteiger partial charge in [0.05, 0.1) is 6.20 Å². The van der Waals surface area contributed by atoms with Crippen molar-refractivity contribution in [3.8, 4) is 0 Å². The number of carbonyl (C=O) groups excluding carboxylic acids is 1. The summed E-state index contributed by atoms with van der Waals surface area (Å²) in [5.74, 6) is 0.0151. The molecule has 9 heteroatoms. The summed E-state index contributed by atoms with van der Waals surface area (Å²) in [5.41, 5.74) is -0.210. The van der Waals surface area contributed by atoms with E-state index in [1.165, 1.54) is 0 Å². The summed E-state index contributed by atoms with van der Waals surface area (Å²) in [6.07, 6.45) is 1.15. The number of amides is 2. The third-order valence-corrected chi connectivity index (χ3v) is 4.89. The van der Waals surface area contributed by atoms with E-state index in [2.05, 4.69) is 20.3 Å². The average molecular weight is 389 g/mol. The van der Waals surface area contributed by atoms with Gasteiger partial charge in [0.1, 0.15) is 11.5 Å². The molecule has 3 heterocycles. The number of likely N-dealkylation sites (tertiary alicyclic amines) is 1. The Morgan fingerprint density at radius 3 is 2.86 bits per heavy atom. The van der Waals surface area contributed by atoms with Crippen molar-refractivity contribution in [1.29, 1.82) is 0 Å². The molecule has 1 atom stereocenters. The van der Waals surface area contributed by atoms with Gasteiger partial charge in [0.25, 0.3) is 0 Å². The first-order chi connectivity index (χ1) is 13.4. The number of hydrogen-bond acceptors (Lipinski definition) is 3. The number of benzene rings is 1. The van der Waals surface area contributed by atoms with Gasteiger partial charge in [-0.05, 0) is 36.4 Å². The number of H-pyrrole nitrogens is 1. The minimum Gasteiger partial charge on any atom is -0.338 e. The van der Waals surface area contributed by atoms with Crippen LogP contribution in [0.25, 0.3) is 10.8 Å². The van der Waals surface area contributed by atoms with Crippen molar-refractivity contribution in [2.75, 3.05) is 18.4 Å². The van der Waals surface area contributed by atoms with Crippen LogP contribution in [-0.2, 0) is 6.18 Å². The van der Waals surface area contributed by atoms with Crippen LogP contribution >= 0.6 is 0 Å². The van der Waals surface area contributed by atoms with Crippen LogP contribution in [0.2, 0.25) is 0 Å². The molecule has 146 valence electrons. The van der Waals surface area contributed by atoms with Gasteiger partial charge in [0.2, 0.25) is 0 Å². The van der Waals surface area contributed by atoms with Crippen LogP contribution in [-0.4, -0.2) is 39.0 Å². The van der Waals surface area contributed by atoms with E-state index in [0.29, 0.717) is 31.6 Å². The van der Waals surface area contributed by atoms with Crippen LogP contribution in [0.4, 0.5) is 23.7 Å². The topological polar surface area (TPSA) is 73.9 Å². The number of carbonyl (C=O) groups is 1. The van der Waals surface area contributed by atoms with Crippen molar-refractivity contribution in [3.05, 3.63) is 54.4 Å². The van der Waals surface area contributed by atoms with Gasteiger partial charge < -0.3 is 15.2 Å². The molecule has 1 aliphatic heterocycles. The molecule has 28 heavy (non-hydrogen) atoms. The highest BCUT2D eigenvalue weighted by atomic mass is 19.4. The molecule has 3 aromatic rings. The zero-order valence-corrected chi connectivity index (χ0v) is 14.8. The van der Waals surface area contributed by atoms with Crippen molar-refractivity contribution in [1.82, 2.24) is 19.9 Å². The number of nitrogens with one attached hydrogen (secondary N) is 2. The molecule has 1 aromatic carbocycles. The molecular formula is C19H18F3N5O. The molecule has 0 bridgehead atoms. The minimum atomic E-state index is -4.46. The number of pyridine rings is 1. The van der Waals surface area contributed by atoms with Gasteiger partial charge in [0, 0.05) is 42.5 Å². The highest BCUT2D eigenvalue weighted by Crippen LogP contribution is 2.31. The molecule has 2 aromatic heterocycles.